The molecule has 1 aromatic carbocycles. The van der Waals surface area contributed by atoms with Gasteiger partial charge in [-0.1, -0.05) is 6.07 Å². The average Bonchev–Trinajstić information content (AvgIpc) is 3.53. The Kier molecular flexibility index (Phi) is 4.57. The van der Waals surface area contributed by atoms with E-state index in [9.17, 15) is 9.59 Å². The number of para-hydroxylation sites is 1. The molecule has 1 saturated carbocycles. The van der Waals surface area contributed by atoms with Crippen molar-refractivity contribution in [3.8, 4) is 17.1 Å². The molecule has 0 atom stereocenters. The number of rotatable bonds is 7. The number of hydrogen-bond donors (Lipinski definition) is 3. The molecule has 2 amide bonds. The molecular formula is C21H23N7O3. The minimum Gasteiger partial charge on any atom is -0.494 e. The van der Waals surface area contributed by atoms with Crippen LogP contribution in [0.25, 0.3) is 11.4 Å². The van der Waals surface area contributed by atoms with Crippen LogP contribution in [0.5, 0.6) is 5.75 Å². The van der Waals surface area contributed by atoms with Crippen LogP contribution < -0.4 is 20.7 Å². The lowest BCUT2D eigenvalue weighted by molar-refractivity contribution is -0.117. The highest BCUT2D eigenvalue weighted by Gasteiger charge is 2.30. The maximum atomic E-state index is 12.7. The number of nitrogens with one attached hydrogen (secondary N) is 3. The summed E-state index contributed by atoms with van der Waals surface area (Å²) in [5.41, 5.74) is 1.29. The molecule has 0 bridgehead atoms. The Morgan fingerprint density at radius 1 is 1.26 bits per heavy atom. The number of hydrogen-bond acceptors (Lipinski definition) is 7. The number of aryl methyl sites for hydroxylation is 1. The summed E-state index contributed by atoms with van der Waals surface area (Å²) in [4.78, 5) is 33.3. The average molecular weight is 424 g/mol. The normalized spacial score (nSPS) is 14.7. The SMILES string of the molecule is [2H]C([2H])([2H])NC(=O)c1cnc(NC(=O)C2CC2)cc1Nc1cccc(-c2ncn(C)n2)c1OC. The Hall–Kier alpha value is -3.95. The van der Waals surface area contributed by atoms with Gasteiger partial charge in [0.15, 0.2) is 11.6 Å². The highest BCUT2D eigenvalue weighted by Crippen LogP contribution is 2.37. The summed E-state index contributed by atoms with van der Waals surface area (Å²) in [6.07, 6.45) is 4.41. The van der Waals surface area contributed by atoms with Gasteiger partial charge >= 0.3 is 0 Å². The zero-order valence-corrected chi connectivity index (χ0v) is 17.0. The summed E-state index contributed by atoms with van der Waals surface area (Å²) in [5, 5.41) is 12.1. The molecule has 0 unspecified atom stereocenters. The molecule has 2 heterocycles. The van der Waals surface area contributed by atoms with E-state index in [4.69, 9.17) is 8.85 Å². The number of ether oxygens (including phenoxy) is 1. The van der Waals surface area contributed by atoms with Gasteiger partial charge in [0.25, 0.3) is 5.91 Å². The van der Waals surface area contributed by atoms with Crippen LogP contribution in [0.4, 0.5) is 17.2 Å². The summed E-state index contributed by atoms with van der Waals surface area (Å²) in [7, 11) is 3.23. The third-order valence-electron chi connectivity index (χ3n) is 4.79. The van der Waals surface area contributed by atoms with Crippen molar-refractivity contribution in [1.29, 1.82) is 0 Å². The Morgan fingerprint density at radius 3 is 2.77 bits per heavy atom. The molecule has 3 aromatic rings. The molecule has 10 nitrogen and oxygen atoms in total. The Balaban J connectivity index is 1.72. The molecule has 3 N–H and O–H groups in total. The summed E-state index contributed by atoms with van der Waals surface area (Å²) in [6.45, 7) is -2.69. The first kappa shape index (κ1) is 16.8. The van der Waals surface area contributed by atoms with Gasteiger partial charge in [-0.25, -0.2) is 9.97 Å². The van der Waals surface area contributed by atoms with E-state index < -0.39 is 12.9 Å². The van der Waals surface area contributed by atoms with E-state index in [1.165, 1.54) is 19.4 Å². The molecule has 0 radical (unpaired) electrons. The molecule has 2 aromatic heterocycles. The summed E-state index contributed by atoms with van der Waals surface area (Å²) in [6, 6.07) is 6.74. The maximum absolute atomic E-state index is 12.7. The second-order valence-electron chi connectivity index (χ2n) is 7.09. The number of pyridine rings is 1. The van der Waals surface area contributed by atoms with E-state index in [0.717, 1.165) is 12.8 Å². The lowest BCUT2D eigenvalue weighted by Gasteiger charge is -2.16. The fraction of sp³-hybridized carbons (Fsp3) is 0.286. The number of aromatic nitrogens is 4. The van der Waals surface area contributed by atoms with Crippen molar-refractivity contribution in [2.45, 2.75) is 12.8 Å². The fourth-order valence-corrected chi connectivity index (χ4v) is 3.09. The number of amides is 2. The molecule has 1 fully saturated rings. The minimum atomic E-state index is -2.69. The Bertz CT molecular complexity index is 1240. The van der Waals surface area contributed by atoms with Crippen molar-refractivity contribution < 1.29 is 18.4 Å². The largest absolute Gasteiger partial charge is 0.494 e. The number of anilines is 3. The monoisotopic (exact) mass is 424 g/mol. The number of carbonyl (C=O) groups excluding carboxylic acids is 2. The van der Waals surface area contributed by atoms with E-state index in [1.807, 2.05) is 5.32 Å². The molecule has 1 aliphatic carbocycles. The van der Waals surface area contributed by atoms with Gasteiger partial charge in [0.2, 0.25) is 5.91 Å². The maximum Gasteiger partial charge on any atom is 0.254 e. The lowest BCUT2D eigenvalue weighted by Crippen LogP contribution is -2.20. The Morgan fingerprint density at radius 2 is 2.10 bits per heavy atom. The van der Waals surface area contributed by atoms with Crippen molar-refractivity contribution in [3.05, 3.63) is 42.4 Å². The Labute approximate surface area is 183 Å². The zero-order valence-electron chi connectivity index (χ0n) is 20.0. The van der Waals surface area contributed by atoms with Gasteiger partial charge in [0, 0.05) is 36.3 Å². The van der Waals surface area contributed by atoms with Gasteiger partial charge in [0.05, 0.1) is 29.6 Å². The summed E-state index contributed by atoms with van der Waals surface area (Å²) in [5.74, 6) is 0.0352. The number of nitrogens with zero attached hydrogens (tertiary/aromatic N) is 4. The first-order chi connectivity index (χ1) is 16.1. The quantitative estimate of drug-likeness (QED) is 0.532. The van der Waals surface area contributed by atoms with E-state index in [2.05, 4.69) is 25.7 Å². The van der Waals surface area contributed by atoms with Gasteiger partial charge in [-0.05, 0) is 25.0 Å². The summed E-state index contributed by atoms with van der Waals surface area (Å²) >= 11 is 0. The van der Waals surface area contributed by atoms with Crippen LogP contribution in [0.15, 0.2) is 36.8 Å². The first-order valence-electron chi connectivity index (χ1n) is 11.1. The van der Waals surface area contributed by atoms with Gasteiger partial charge in [-0.2, -0.15) is 5.10 Å². The number of carbonyl (C=O) groups is 2. The molecule has 0 spiro atoms. The molecule has 160 valence electrons. The third-order valence-corrected chi connectivity index (χ3v) is 4.79. The third kappa shape index (κ3) is 4.32. The van der Waals surface area contributed by atoms with E-state index in [-0.39, 0.29) is 28.9 Å². The van der Waals surface area contributed by atoms with Gasteiger partial charge in [-0.15, -0.1) is 0 Å². The topological polar surface area (TPSA) is 123 Å². The number of methoxy groups -OCH3 is 1. The van der Waals surface area contributed by atoms with Gasteiger partial charge < -0.3 is 20.7 Å². The second kappa shape index (κ2) is 8.42. The van der Waals surface area contributed by atoms with Crippen LogP contribution in [-0.4, -0.2) is 45.6 Å². The molecule has 31 heavy (non-hydrogen) atoms. The van der Waals surface area contributed by atoms with Crippen molar-refractivity contribution in [1.82, 2.24) is 25.1 Å². The van der Waals surface area contributed by atoms with Crippen LogP contribution in [0.2, 0.25) is 0 Å². The predicted molar refractivity (Wildman–Crippen MR) is 115 cm³/mol. The van der Waals surface area contributed by atoms with Crippen molar-refractivity contribution in [2.75, 3.05) is 24.7 Å². The van der Waals surface area contributed by atoms with Crippen LogP contribution in [0.3, 0.4) is 0 Å². The minimum absolute atomic E-state index is 0.0241. The first-order valence-corrected chi connectivity index (χ1v) is 9.58. The second-order valence-corrected chi connectivity index (χ2v) is 7.09. The smallest absolute Gasteiger partial charge is 0.254 e. The van der Waals surface area contributed by atoms with E-state index in [1.54, 1.807) is 36.3 Å². The molecule has 10 heteroatoms. The molecular weight excluding hydrogens is 398 g/mol. The van der Waals surface area contributed by atoms with E-state index in [0.29, 0.717) is 22.8 Å². The molecule has 4 rings (SSSR count). The molecule has 0 aliphatic heterocycles. The summed E-state index contributed by atoms with van der Waals surface area (Å²) < 4.78 is 29.2. The van der Waals surface area contributed by atoms with Gasteiger partial charge in [-0.3, -0.25) is 14.3 Å². The van der Waals surface area contributed by atoms with Crippen molar-refractivity contribution in [3.63, 3.8) is 0 Å². The standard InChI is InChI=1S/C21H23N7O3/c1-22-21(30)14-10-23-17(26-20(29)12-7-8-12)9-16(14)25-15-6-4-5-13(18(15)31-3)19-24-11-28(2)27-19/h4-6,9-12H,7-8H2,1-3H3,(H,22,30)(H2,23,25,26,29)/i1D3. The lowest BCUT2D eigenvalue weighted by atomic mass is 10.1. The molecule has 0 saturated heterocycles. The highest BCUT2D eigenvalue weighted by molar-refractivity contribution is 6.01. The van der Waals surface area contributed by atoms with Crippen LogP contribution in [-0.2, 0) is 11.8 Å². The predicted octanol–water partition coefficient (Wildman–Crippen LogP) is 2.34. The molecule has 1 aliphatic rings. The van der Waals surface area contributed by atoms with Crippen molar-refractivity contribution in [2.24, 2.45) is 13.0 Å². The van der Waals surface area contributed by atoms with Crippen molar-refractivity contribution >= 4 is 29.0 Å². The highest BCUT2D eigenvalue weighted by atomic mass is 16.5. The van der Waals surface area contributed by atoms with Crippen LogP contribution >= 0.6 is 0 Å². The zero-order chi connectivity index (χ0) is 24.5. The number of benzene rings is 1. The van der Waals surface area contributed by atoms with Gasteiger partial charge in [0.1, 0.15) is 12.1 Å². The van der Waals surface area contributed by atoms with Crippen LogP contribution in [0.1, 0.15) is 27.3 Å². The van der Waals surface area contributed by atoms with Crippen LogP contribution in [0, 0.1) is 5.92 Å². The van der Waals surface area contributed by atoms with E-state index >= 15 is 0 Å². The fourth-order valence-electron chi connectivity index (χ4n) is 3.09.